The van der Waals surface area contributed by atoms with Crippen LogP contribution >= 0.6 is 0 Å². The van der Waals surface area contributed by atoms with E-state index in [1.54, 1.807) is 13.4 Å². The molecule has 41 heavy (non-hydrogen) atoms. The van der Waals surface area contributed by atoms with E-state index in [0.29, 0.717) is 35.2 Å². The lowest BCUT2D eigenvalue weighted by atomic mass is 9.85. The number of hydrogen-bond acceptors (Lipinski definition) is 7. The van der Waals surface area contributed by atoms with Gasteiger partial charge in [-0.2, -0.15) is 0 Å². The molecule has 1 fully saturated rings. The van der Waals surface area contributed by atoms with E-state index in [1.165, 1.54) is 0 Å². The molecular formula is C32H32N6O3. The molecule has 9 heteroatoms. The van der Waals surface area contributed by atoms with Crippen LogP contribution in [-0.2, 0) is 11.4 Å². The maximum Gasteiger partial charge on any atom is 0.227 e. The number of aromatic nitrogens is 4. The third-order valence-corrected chi connectivity index (χ3v) is 7.59. The number of benzene rings is 3. The zero-order valence-electron chi connectivity index (χ0n) is 22.9. The zero-order chi connectivity index (χ0) is 28.2. The van der Waals surface area contributed by atoms with Gasteiger partial charge >= 0.3 is 0 Å². The molecule has 1 saturated carbocycles. The van der Waals surface area contributed by atoms with E-state index >= 15 is 0 Å². The van der Waals surface area contributed by atoms with Crippen molar-refractivity contribution in [3.8, 4) is 22.9 Å². The third kappa shape index (κ3) is 5.84. The molecule has 1 aliphatic carbocycles. The van der Waals surface area contributed by atoms with Gasteiger partial charge in [-0.1, -0.05) is 48.5 Å². The summed E-state index contributed by atoms with van der Waals surface area (Å²) in [6.45, 7) is 0.472. The number of amides is 1. The molecule has 1 amide bonds. The fourth-order valence-electron chi connectivity index (χ4n) is 5.36. The van der Waals surface area contributed by atoms with Crippen molar-refractivity contribution in [2.45, 2.75) is 38.3 Å². The largest absolute Gasteiger partial charge is 0.497 e. The SMILES string of the molecule is COc1cccc(NC(=O)C2CCC(n3cnc4c(N)nc(-c5cccc(OCc6ccccc6)c5)nc43)CC2)c1. The van der Waals surface area contributed by atoms with E-state index in [0.717, 1.165) is 48.2 Å². The second kappa shape index (κ2) is 11.7. The summed E-state index contributed by atoms with van der Waals surface area (Å²) in [7, 11) is 1.61. The van der Waals surface area contributed by atoms with Gasteiger partial charge in [0.15, 0.2) is 17.3 Å². The highest BCUT2D eigenvalue weighted by molar-refractivity contribution is 5.92. The van der Waals surface area contributed by atoms with Crippen LogP contribution in [0.1, 0.15) is 37.3 Å². The summed E-state index contributed by atoms with van der Waals surface area (Å²) in [6.07, 6.45) is 5.01. The van der Waals surface area contributed by atoms with Crippen molar-refractivity contribution in [1.82, 2.24) is 19.5 Å². The van der Waals surface area contributed by atoms with Gasteiger partial charge in [-0.15, -0.1) is 0 Å². The number of nitrogens with two attached hydrogens (primary N) is 1. The van der Waals surface area contributed by atoms with Crippen LogP contribution < -0.4 is 20.5 Å². The number of carbonyl (C=O) groups excluding carboxylic acids is 1. The number of nitrogen functional groups attached to an aromatic ring is 1. The molecule has 9 nitrogen and oxygen atoms in total. The molecule has 6 rings (SSSR count). The summed E-state index contributed by atoms with van der Waals surface area (Å²) in [5.41, 5.74) is 10.3. The maximum atomic E-state index is 13.0. The van der Waals surface area contributed by atoms with E-state index in [9.17, 15) is 4.79 Å². The highest BCUT2D eigenvalue weighted by atomic mass is 16.5. The number of methoxy groups -OCH3 is 1. The zero-order valence-corrected chi connectivity index (χ0v) is 22.9. The number of imidazole rings is 1. The second-order valence-corrected chi connectivity index (χ2v) is 10.3. The van der Waals surface area contributed by atoms with Gasteiger partial charge in [-0.3, -0.25) is 4.79 Å². The predicted molar refractivity (Wildman–Crippen MR) is 159 cm³/mol. The minimum atomic E-state index is -0.0545. The molecule has 0 saturated heterocycles. The lowest BCUT2D eigenvalue weighted by Gasteiger charge is -2.28. The van der Waals surface area contributed by atoms with Crippen LogP contribution in [0.25, 0.3) is 22.6 Å². The molecule has 1 aliphatic rings. The number of anilines is 2. The first kappa shape index (κ1) is 26.3. The molecule has 2 aromatic heterocycles. The Morgan fingerprint density at radius 2 is 1.73 bits per heavy atom. The fraction of sp³-hybridized carbons (Fsp3) is 0.250. The molecule has 2 heterocycles. The summed E-state index contributed by atoms with van der Waals surface area (Å²) in [5.74, 6) is 2.29. The number of fused-ring (bicyclic) bond motifs is 1. The Labute approximate surface area is 238 Å². The number of ether oxygens (including phenoxy) is 2. The number of nitrogens with one attached hydrogen (secondary N) is 1. The van der Waals surface area contributed by atoms with Gasteiger partial charge in [-0.25, -0.2) is 15.0 Å². The molecule has 5 aromatic rings. The highest BCUT2D eigenvalue weighted by Gasteiger charge is 2.29. The van der Waals surface area contributed by atoms with Gasteiger partial charge in [-0.05, 0) is 55.5 Å². The van der Waals surface area contributed by atoms with Gasteiger partial charge in [0.25, 0.3) is 0 Å². The minimum Gasteiger partial charge on any atom is -0.497 e. The van der Waals surface area contributed by atoms with Crippen molar-refractivity contribution in [2.75, 3.05) is 18.2 Å². The Hall–Kier alpha value is -4.92. The minimum absolute atomic E-state index is 0.0374. The Bertz CT molecular complexity index is 1660. The molecule has 3 aromatic carbocycles. The van der Waals surface area contributed by atoms with Crippen LogP contribution in [0, 0.1) is 5.92 Å². The Morgan fingerprint density at radius 3 is 2.54 bits per heavy atom. The van der Waals surface area contributed by atoms with Crippen molar-refractivity contribution < 1.29 is 14.3 Å². The van der Waals surface area contributed by atoms with E-state index in [-0.39, 0.29) is 17.9 Å². The number of carbonyl (C=O) groups is 1. The van der Waals surface area contributed by atoms with E-state index < -0.39 is 0 Å². The van der Waals surface area contributed by atoms with Crippen LogP contribution in [0.15, 0.2) is 85.2 Å². The van der Waals surface area contributed by atoms with Crippen LogP contribution in [0.5, 0.6) is 11.5 Å². The summed E-state index contributed by atoms with van der Waals surface area (Å²) in [5, 5.41) is 3.04. The molecule has 208 valence electrons. The number of nitrogens with zero attached hydrogens (tertiary/aromatic N) is 4. The van der Waals surface area contributed by atoms with Gasteiger partial charge in [0, 0.05) is 29.3 Å². The highest BCUT2D eigenvalue weighted by Crippen LogP contribution is 2.35. The first-order valence-electron chi connectivity index (χ1n) is 13.8. The van der Waals surface area contributed by atoms with Crippen LogP contribution in [0.2, 0.25) is 0 Å². The Balaban J connectivity index is 1.16. The molecule has 3 N–H and O–H groups in total. The molecule has 0 bridgehead atoms. The van der Waals surface area contributed by atoms with Gasteiger partial charge in [0.05, 0.1) is 13.4 Å². The van der Waals surface area contributed by atoms with Gasteiger partial charge in [0.2, 0.25) is 5.91 Å². The van der Waals surface area contributed by atoms with Crippen molar-refractivity contribution in [1.29, 1.82) is 0 Å². The monoisotopic (exact) mass is 548 g/mol. The topological polar surface area (TPSA) is 117 Å². The molecule has 0 aliphatic heterocycles. The normalized spacial score (nSPS) is 16.8. The summed E-state index contributed by atoms with van der Waals surface area (Å²) < 4.78 is 13.4. The van der Waals surface area contributed by atoms with Crippen molar-refractivity contribution >= 4 is 28.6 Å². The summed E-state index contributed by atoms with van der Waals surface area (Å²) in [4.78, 5) is 26.9. The van der Waals surface area contributed by atoms with Crippen molar-refractivity contribution in [3.05, 3.63) is 90.8 Å². The lowest BCUT2D eigenvalue weighted by molar-refractivity contribution is -0.120. The van der Waals surface area contributed by atoms with E-state index in [2.05, 4.69) is 19.9 Å². The molecule has 0 atom stereocenters. The summed E-state index contributed by atoms with van der Waals surface area (Å²) in [6, 6.07) is 25.3. The standard InChI is InChI=1S/C32H32N6O3/c1-40-26-11-6-10-24(18-26)35-32(39)22-13-15-25(16-14-22)38-20-34-28-29(33)36-30(37-31(28)38)23-9-5-12-27(17-23)41-19-21-7-3-2-4-8-21/h2-12,17-18,20,22,25H,13-16,19H2,1H3,(H,35,39)(H2,33,36,37). The Kier molecular flexibility index (Phi) is 7.49. The number of rotatable bonds is 8. The van der Waals surface area contributed by atoms with Crippen LogP contribution in [0.3, 0.4) is 0 Å². The summed E-state index contributed by atoms with van der Waals surface area (Å²) >= 11 is 0. The van der Waals surface area contributed by atoms with Gasteiger partial charge < -0.3 is 25.1 Å². The van der Waals surface area contributed by atoms with Gasteiger partial charge in [0.1, 0.15) is 23.6 Å². The molecule has 0 unspecified atom stereocenters. The second-order valence-electron chi connectivity index (χ2n) is 10.3. The molecule has 0 spiro atoms. The fourth-order valence-corrected chi connectivity index (χ4v) is 5.36. The quantitative estimate of drug-likeness (QED) is 0.243. The van der Waals surface area contributed by atoms with Crippen LogP contribution in [-0.4, -0.2) is 32.5 Å². The average Bonchev–Trinajstić information content (AvgIpc) is 3.45. The maximum absolute atomic E-state index is 13.0. The predicted octanol–water partition coefficient (Wildman–Crippen LogP) is 6.03. The van der Waals surface area contributed by atoms with Crippen LogP contribution in [0.4, 0.5) is 11.5 Å². The number of hydrogen-bond donors (Lipinski definition) is 2. The molecular weight excluding hydrogens is 516 g/mol. The Morgan fingerprint density at radius 1 is 0.951 bits per heavy atom. The average molecular weight is 549 g/mol. The lowest BCUT2D eigenvalue weighted by Crippen LogP contribution is -2.28. The van der Waals surface area contributed by atoms with E-state index in [1.807, 2.05) is 78.9 Å². The first-order valence-corrected chi connectivity index (χ1v) is 13.8. The van der Waals surface area contributed by atoms with Crippen molar-refractivity contribution in [3.63, 3.8) is 0 Å². The smallest absolute Gasteiger partial charge is 0.227 e. The first-order chi connectivity index (χ1) is 20.1. The van der Waals surface area contributed by atoms with E-state index in [4.69, 9.17) is 20.2 Å². The van der Waals surface area contributed by atoms with Crippen molar-refractivity contribution in [2.24, 2.45) is 5.92 Å². The third-order valence-electron chi connectivity index (χ3n) is 7.59. The molecule has 0 radical (unpaired) electrons.